The molecule has 1 aliphatic rings. The first-order valence-corrected chi connectivity index (χ1v) is 6.93. The van der Waals surface area contributed by atoms with Crippen LogP contribution >= 0.6 is 11.6 Å². The van der Waals surface area contributed by atoms with Gasteiger partial charge in [-0.25, -0.2) is 8.78 Å². The highest BCUT2D eigenvalue weighted by molar-refractivity contribution is 6.19. The highest BCUT2D eigenvalue weighted by Crippen LogP contribution is 2.29. The zero-order chi connectivity index (χ0) is 13.9. The maximum absolute atomic E-state index is 13.5. The van der Waals surface area contributed by atoms with Crippen molar-refractivity contribution in [3.63, 3.8) is 0 Å². The van der Waals surface area contributed by atoms with Crippen molar-refractivity contribution in [2.75, 3.05) is 5.88 Å². The summed E-state index contributed by atoms with van der Waals surface area (Å²) >= 11 is 5.96. The molecule has 0 radical (unpaired) electrons. The molecule has 1 N–H and O–H groups in total. The van der Waals surface area contributed by atoms with Gasteiger partial charge < -0.3 is 5.32 Å². The number of benzene rings is 1. The van der Waals surface area contributed by atoms with Crippen LogP contribution in [0, 0.1) is 11.6 Å². The molecule has 0 spiro atoms. The Morgan fingerprint density at radius 3 is 2.58 bits per heavy atom. The van der Waals surface area contributed by atoms with Gasteiger partial charge in [0, 0.05) is 5.88 Å². The van der Waals surface area contributed by atoms with Gasteiger partial charge in [0.25, 0.3) is 5.91 Å². The van der Waals surface area contributed by atoms with E-state index in [1.807, 2.05) is 0 Å². The van der Waals surface area contributed by atoms with Crippen LogP contribution in [0.4, 0.5) is 8.78 Å². The number of amides is 1. The van der Waals surface area contributed by atoms with Gasteiger partial charge in [0.15, 0.2) is 0 Å². The van der Waals surface area contributed by atoms with Gasteiger partial charge in [-0.15, -0.1) is 11.6 Å². The van der Waals surface area contributed by atoms with E-state index < -0.39 is 23.1 Å². The summed E-state index contributed by atoms with van der Waals surface area (Å²) in [6, 6.07) is 2.86. The van der Waals surface area contributed by atoms with Crippen LogP contribution in [-0.4, -0.2) is 17.3 Å². The maximum Gasteiger partial charge on any atom is 0.254 e. The minimum atomic E-state index is -0.723. The van der Waals surface area contributed by atoms with Crippen LogP contribution in [0.1, 0.15) is 42.5 Å². The van der Waals surface area contributed by atoms with E-state index in [0.29, 0.717) is 0 Å². The van der Waals surface area contributed by atoms with Crippen LogP contribution in [0.2, 0.25) is 0 Å². The Balaban J connectivity index is 2.17. The van der Waals surface area contributed by atoms with Crippen molar-refractivity contribution < 1.29 is 13.6 Å². The van der Waals surface area contributed by atoms with Crippen molar-refractivity contribution >= 4 is 17.5 Å². The predicted octanol–water partition coefficient (Wildman–Crippen LogP) is 3.64. The Kier molecular flexibility index (Phi) is 4.40. The fourth-order valence-electron chi connectivity index (χ4n) is 2.50. The van der Waals surface area contributed by atoms with Gasteiger partial charge in [-0.3, -0.25) is 4.79 Å². The molecule has 1 fully saturated rings. The summed E-state index contributed by atoms with van der Waals surface area (Å²) in [4.78, 5) is 12.1. The van der Waals surface area contributed by atoms with Gasteiger partial charge >= 0.3 is 0 Å². The summed E-state index contributed by atoms with van der Waals surface area (Å²) in [6.45, 7) is 0. The lowest BCUT2D eigenvalue weighted by atomic mass is 9.83. The Morgan fingerprint density at radius 1 is 1.26 bits per heavy atom. The number of hydrogen-bond donors (Lipinski definition) is 1. The Labute approximate surface area is 116 Å². The molecular formula is C14H16ClF2NO. The van der Waals surface area contributed by atoms with Gasteiger partial charge in [0.1, 0.15) is 11.6 Å². The molecule has 5 heteroatoms. The highest BCUT2D eigenvalue weighted by Gasteiger charge is 2.33. The summed E-state index contributed by atoms with van der Waals surface area (Å²) < 4.78 is 26.6. The molecule has 0 aliphatic heterocycles. The third-order valence-corrected chi connectivity index (χ3v) is 4.13. The third-order valence-electron chi connectivity index (χ3n) is 3.62. The fraction of sp³-hybridized carbons (Fsp3) is 0.500. The zero-order valence-corrected chi connectivity index (χ0v) is 11.3. The largest absolute Gasteiger partial charge is 0.345 e. The number of rotatable bonds is 3. The number of carbonyl (C=O) groups excluding carboxylic acids is 1. The van der Waals surface area contributed by atoms with Crippen molar-refractivity contribution in [3.8, 4) is 0 Å². The first kappa shape index (κ1) is 14.3. The molecule has 2 nitrogen and oxygen atoms in total. The second kappa shape index (κ2) is 5.87. The lowest BCUT2D eigenvalue weighted by Crippen LogP contribution is -2.51. The summed E-state index contributed by atoms with van der Waals surface area (Å²) in [5.74, 6) is -1.66. The normalized spacial score (nSPS) is 18.1. The first-order valence-electron chi connectivity index (χ1n) is 6.40. The Hall–Kier alpha value is -1.16. The van der Waals surface area contributed by atoms with Crippen molar-refractivity contribution in [3.05, 3.63) is 35.4 Å². The van der Waals surface area contributed by atoms with Gasteiger partial charge in [-0.2, -0.15) is 0 Å². The summed E-state index contributed by atoms with van der Waals surface area (Å²) in [5.41, 5.74) is -0.759. The smallest absolute Gasteiger partial charge is 0.254 e. The molecule has 1 aliphatic carbocycles. The highest BCUT2D eigenvalue weighted by atomic mass is 35.5. The first-order chi connectivity index (χ1) is 9.06. The zero-order valence-electron chi connectivity index (χ0n) is 10.5. The van der Waals surface area contributed by atoms with Gasteiger partial charge in [0.2, 0.25) is 0 Å². The molecule has 2 rings (SSSR count). The van der Waals surface area contributed by atoms with Crippen molar-refractivity contribution in [1.29, 1.82) is 0 Å². The summed E-state index contributed by atoms with van der Waals surface area (Å²) in [5, 5.41) is 2.79. The van der Waals surface area contributed by atoms with E-state index in [1.54, 1.807) is 0 Å². The molecule has 1 saturated carbocycles. The fourth-order valence-corrected chi connectivity index (χ4v) is 2.83. The second-order valence-electron chi connectivity index (χ2n) is 5.05. The van der Waals surface area contributed by atoms with Crippen LogP contribution in [-0.2, 0) is 0 Å². The SMILES string of the molecule is O=C(NC1(CCl)CCCCC1)c1cc(F)ccc1F. The molecule has 0 heterocycles. The molecule has 104 valence electrons. The number of halogens is 3. The monoisotopic (exact) mass is 287 g/mol. The number of alkyl halides is 1. The molecule has 19 heavy (non-hydrogen) atoms. The van der Waals surface area contributed by atoms with E-state index in [2.05, 4.69) is 5.32 Å². The molecule has 0 atom stereocenters. The van der Waals surface area contributed by atoms with E-state index in [1.165, 1.54) is 0 Å². The lowest BCUT2D eigenvalue weighted by molar-refractivity contribution is 0.0880. The average Bonchev–Trinajstić information content (AvgIpc) is 2.42. The lowest BCUT2D eigenvalue weighted by Gasteiger charge is -2.36. The molecule has 0 saturated heterocycles. The van der Waals surface area contributed by atoms with E-state index in [0.717, 1.165) is 50.3 Å². The van der Waals surface area contributed by atoms with E-state index >= 15 is 0 Å². The van der Waals surface area contributed by atoms with E-state index in [4.69, 9.17) is 11.6 Å². The summed E-state index contributed by atoms with van der Waals surface area (Å²) in [7, 11) is 0. The molecule has 0 unspecified atom stereocenters. The van der Waals surface area contributed by atoms with E-state index in [9.17, 15) is 13.6 Å². The van der Waals surface area contributed by atoms with E-state index in [-0.39, 0.29) is 11.4 Å². The van der Waals surface area contributed by atoms with Gasteiger partial charge in [0.05, 0.1) is 11.1 Å². The number of carbonyl (C=O) groups is 1. The van der Waals surface area contributed by atoms with Gasteiger partial charge in [-0.1, -0.05) is 19.3 Å². The molecular weight excluding hydrogens is 272 g/mol. The Bertz CT molecular complexity index is 473. The van der Waals surface area contributed by atoms with Crippen LogP contribution in [0.3, 0.4) is 0 Å². The molecule has 0 bridgehead atoms. The topological polar surface area (TPSA) is 29.1 Å². The van der Waals surface area contributed by atoms with Crippen molar-refractivity contribution in [2.45, 2.75) is 37.6 Å². The molecule has 1 aromatic rings. The third kappa shape index (κ3) is 3.24. The standard InChI is InChI=1S/C14H16ClF2NO/c15-9-14(6-2-1-3-7-14)18-13(19)11-8-10(16)4-5-12(11)17/h4-5,8H,1-3,6-7,9H2,(H,18,19). The van der Waals surface area contributed by atoms with Crippen LogP contribution in [0.5, 0.6) is 0 Å². The molecule has 0 aromatic heterocycles. The Morgan fingerprint density at radius 2 is 1.95 bits per heavy atom. The number of nitrogens with one attached hydrogen (secondary N) is 1. The maximum atomic E-state index is 13.5. The van der Waals surface area contributed by atoms with Crippen LogP contribution in [0.25, 0.3) is 0 Å². The summed E-state index contributed by atoms with van der Waals surface area (Å²) in [6.07, 6.45) is 4.64. The van der Waals surface area contributed by atoms with Crippen molar-refractivity contribution in [1.82, 2.24) is 5.32 Å². The quantitative estimate of drug-likeness (QED) is 0.845. The minimum absolute atomic E-state index is 0.268. The van der Waals surface area contributed by atoms with Crippen LogP contribution < -0.4 is 5.32 Å². The van der Waals surface area contributed by atoms with Crippen LogP contribution in [0.15, 0.2) is 18.2 Å². The van der Waals surface area contributed by atoms with Crippen molar-refractivity contribution in [2.24, 2.45) is 0 Å². The van der Waals surface area contributed by atoms with Gasteiger partial charge in [-0.05, 0) is 31.0 Å². The number of hydrogen-bond acceptors (Lipinski definition) is 1. The second-order valence-corrected chi connectivity index (χ2v) is 5.32. The average molecular weight is 288 g/mol. The minimum Gasteiger partial charge on any atom is -0.345 e. The molecule has 1 amide bonds. The predicted molar refractivity (Wildman–Crippen MR) is 70.4 cm³/mol. The molecule has 1 aromatic carbocycles.